The van der Waals surface area contributed by atoms with E-state index in [1.54, 1.807) is 23.9 Å². The van der Waals surface area contributed by atoms with Crippen LogP contribution in [0, 0.1) is 13.8 Å². The molecular formula is C17H18O3S. The molecule has 0 spiro atoms. The molecule has 0 aliphatic carbocycles. The van der Waals surface area contributed by atoms with Gasteiger partial charge in [-0.3, -0.25) is 0 Å². The molecule has 0 saturated carbocycles. The second-order valence-corrected chi connectivity index (χ2v) is 5.91. The zero-order valence-corrected chi connectivity index (χ0v) is 13.2. The number of carbonyl (C=O) groups is 1. The zero-order valence-electron chi connectivity index (χ0n) is 12.3. The number of carboxylic acid groups (broad SMARTS) is 1. The van der Waals surface area contributed by atoms with E-state index in [-0.39, 0.29) is 5.56 Å². The van der Waals surface area contributed by atoms with E-state index in [9.17, 15) is 9.90 Å². The van der Waals surface area contributed by atoms with Crippen molar-refractivity contribution < 1.29 is 14.6 Å². The molecule has 0 aliphatic rings. The molecule has 0 fully saturated rings. The lowest BCUT2D eigenvalue weighted by molar-refractivity contribution is 0.0693. The molecule has 21 heavy (non-hydrogen) atoms. The van der Waals surface area contributed by atoms with E-state index < -0.39 is 5.97 Å². The molecule has 1 N–H and O–H groups in total. The molecule has 0 unspecified atom stereocenters. The normalized spacial score (nSPS) is 10.4. The molecule has 3 nitrogen and oxygen atoms in total. The first-order chi connectivity index (χ1) is 10.0. The van der Waals surface area contributed by atoms with Crippen LogP contribution in [-0.2, 0) is 5.75 Å². The highest BCUT2D eigenvalue weighted by molar-refractivity contribution is 7.98. The number of carboxylic acids is 1. The predicted molar refractivity (Wildman–Crippen MR) is 85.4 cm³/mol. The van der Waals surface area contributed by atoms with Gasteiger partial charge in [-0.2, -0.15) is 0 Å². The Morgan fingerprint density at radius 3 is 2.62 bits per heavy atom. The van der Waals surface area contributed by atoms with Crippen molar-refractivity contribution in [3.63, 3.8) is 0 Å². The summed E-state index contributed by atoms with van der Waals surface area (Å²) >= 11 is 1.71. The van der Waals surface area contributed by atoms with Gasteiger partial charge in [0.15, 0.2) is 0 Å². The number of ether oxygens (including phenoxy) is 1. The van der Waals surface area contributed by atoms with Crippen molar-refractivity contribution in [2.45, 2.75) is 24.5 Å². The lowest BCUT2D eigenvalue weighted by Gasteiger charge is -2.09. The molecule has 0 atom stereocenters. The number of aryl methyl sites for hydroxylation is 2. The molecule has 0 saturated heterocycles. The van der Waals surface area contributed by atoms with Crippen LogP contribution in [0.25, 0.3) is 0 Å². The van der Waals surface area contributed by atoms with Gasteiger partial charge in [0.25, 0.3) is 0 Å². The summed E-state index contributed by atoms with van der Waals surface area (Å²) in [6.45, 7) is 4.15. The van der Waals surface area contributed by atoms with Gasteiger partial charge in [-0.05, 0) is 43.2 Å². The third-order valence-corrected chi connectivity index (χ3v) is 4.46. The third kappa shape index (κ3) is 3.79. The predicted octanol–water partition coefficient (Wildman–Crippen LogP) is 4.30. The first-order valence-electron chi connectivity index (χ1n) is 6.61. The van der Waals surface area contributed by atoms with E-state index in [0.29, 0.717) is 5.75 Å². The van der Waals surface area contributed by atoms with Gasteiger partial charge >= 0.3 is 5.97 Å². The molecule has 0 aliphatic heterocycles. The van der Waals surface area contributed by atoms with E-state index >= 15 is 0 Å². The van der Waals surface area contributed by atoms with E-state index in [2.05, 4.69) is 32.0 Å². The second-order valence-electron chi connectivity index (χ2n) is 4.90. The van der Waals surface area contributed by atoms with Crippen LogP contribution in [0.2, 0.25) is 0 Å². The van der Waals surface area contributed by atoms with Gasteiger partial charge in [-0.15, -0.1) is 11.8 Å². The number of methoxy groups -OCH3 is 1. The molecular weight excluding hydrogens is 284 g/mol. The maximum absolute atomic E-state index is 11.2. The Balaban J connectivity index is 2.18. The Labute approximate surface area is 129 Å². The summed E-state index contributed by atoms with van der Waals surface area (Å²) in [5.41, 5.74) is 3.64. The van der Waals surface area contributed by atoms with Crippen molar-refractivity contribution in [2.24, 2.45) is 0 Å². The summed E-state index contributed by atoms with van der Waals surface area (Å²) in [5, 5.41) is 9.20. The number of hydrogen-bond acceptors (Lipinski definition) is 3. The second kappa shape index (κ2) is 6.68. The van der Waals surface area contributed by atoms with Crippen LogP contribution in [-0.4, -0.2) is 18.2 Å². The Kier molecular flexibility index (Phi) is 4.91. The van der Waals surface area contributed by atoms with Gasteiger partial charge in [-0.25, -0.2) is 4.79 Å². The van der Waals surface area contributed by atoms with Crippen molar-refractivity contribution in [3.05, 3.63) is 58.7 Å². The lowest BCUT2D eigenvalue weighted by atomic mass is 10.1. The van der Waals surface area contributed by atoms with Crippen molar-refractivity contribution in [2.75, 3.05) is 7.11 Å². The van der Waals surface area contributed by atoms with E-state index in [1.807, 2.05) is 6.07 Å². The van der Waals surface area contributed by atoms with Crippen LogP contribution in [0.4, 0.5) is 0 Å². The van der Waals surface area contributed by atoms with Crippen molar-refractivity contribution in [3.8, 4) is 5.75 Å². The van der Waals surface area contributed by atoms with Gasteiger partial charge in [0.1, 0.15) is 11.3 Å². The van der Waals surface area contributed by atoms with E-state index in [1.165, 1.54) is 23.1 Å². The van der Waals surface area contributed by atoms with Crippen LogP contribution in [0.15, 0.2) is 41.3 Å². The van der Waals surface area contributed by atoms with Crippen LogP contribution in [0.5, 0.6) is 5.75 Å². The van der Waals surface area contributed by atoms with Crippen LogP contribution in [0.1, 0.15) is 27.0 Å². The number of aromatic carboxylic acids is 1. The van der Waals surface area contributed by atoms with Gasteiger partial charge in [0.05, 0.1) is 7.11 Å². The van der Waals surface area contributed by atoms with E-state index in [4.69, 9.17) is 4.74 Å². The summed E-state index contributed by atoms with van der Waals surface area (Å²) in [6.07, 6.45) is 0. The van der Waals surface area contributed by atoms with Gasteiger partial charge in [0.2, 0.25) is 0 Å². The zero-order chi connectivity index (χ0) is 15.4. The summed E-state index contributed by atoms with van der Waals surface area (Å²) < 4.78 is 5.07. The fourth-order valence-electron chi connectivity index (χ4n) is 2.04. The highest BCUT2D eigenvalue weighted by Crippen LogP contribution is 2.29. The molecule has 2 rings (SSSR count). The molecule has 0 radical (unpaired) electrons. The summed E-state index contributed by atoms with van der Waals surface area (Å²) in [4.78, 5) is 12.4. The maximum atomic E-state index is 11.2. The summed E-state index contributed by atoms with van der Waals surface area (Å²) in [6, 6.07) is 11.6. The number of benzene rings is 2. The van der Waals surface area contributed by atoms with Crippen molar-refractivity contribution in [1.82, 2.24) is 0 Å². The molecule has 0 heterocycles. The van der Waals surface area contributed by atoms with Crippen molar-refractivity contribution >= 4 is 17.7 Å². The Morgan fingerprint density at radius 1 is 1.19 bits per heavy atom. The van der Waals surface area contributed by atoms with Crippen LogP contribution < -0.4 is 4.74 Å². The monoisotopic (exact) mass is 302 g/mol. The molecule has 2 aromatic rings. The van der Waals surface area contributed by atoms with Gasteiger partial charge in [-0.1, -0.05) is 23.8 Å². The summed E-state index contributed by atoms with van der Waals surface area (Å²) in [5.74, 6) is 0.155. The minimum absolute atomic E-state index is 0.205. The highest BCUT2D eigenvalue weighted by atomic mass is 32.2. The Hall–Kier alpha value is -1.94. The minimum Gasteiger partial charge on any atom is -0.496 e. The minimum atomic E-state index is -0.967. The largest absolute Gasteiger partial charge is 0.496 e. The summed E-state index contributed by atoms with van der Waals surface area (Å²) in [7, 11) is 1.48. The first-order valence-corrected chi connectivity index (χ1v) is 7.60. The highest BCUT2D eigenvalue weighted by Gasteiger charge is 2.11. The molecule has 0 bridgehead atoms. The quantitative estimate of drug-likeness (QED) is 0.836. The molecule has 2 aromatic carbocycles. The maximum Gasteiger partial charge on any atom is 0.339 e. The topological polar surface area (TPSA) is 46.5 Å². The van der Waals surface area contributed by atoms with Crippen LogP contribution in [0.3, 0.4) is 0 Å². The lowest BCUT2D eigenvalue weighted by Crippen LogP contribution is -2.01. The standard InChI is InChI=1S/C17H18O3S/c1-11-4-5-12(2)16(8-11)21-10-13-6-7-15(20-3)14(9-13)17(18)19/h4-9H,10H2,1-3H3,(H,18,19). The number of thioether (sulfide) groups is 1. The average Bonchev–Trinajstić information content (AvgIpc) is 2.47. The fraction of sp³-hybridized carbons (Fsp3) is 0.235. The first kappa shape index (κ1) is 15.4. The fourth-order valence-corrected chi connectivity index (χ4v) is 3.10. The Bertz CT molecular complexity index is 665. The molecule has 4 heteroatoms. The number of rotatable bonds is 5. The molecule has 0 amide bonds. The smallest absolute Gasteiger partial charge is 0.339 e. The van der Waals surface area contributed by atoms with Gasteiger partial charge in [0, 0.05) is 10.6 Å². The Morgan fingerprint density at radius 2 is 1.95 bits per heavy atom. The molecule has 110 valence electrons. The van der Waals surface area contributed by atoms with Crippen LogP contribution >= 0.6 is 11.8 Å². The molecule has 0 aromatic heterocycles. The third-order valence-electron chi connectivity index (χ3n) is 3.23. The number of hydrogen-bond donors (Lipinski definition) is 1. The van der Waals surface area contributed by atoms with Gasteiger partial charge < -0.3 is 9.84 Å². The average molecular weight is 302 g/mol. The van der Waals surface area contributed by atoms with Crippen molar-refractivity contribution in [1.29, 1.82) is 0 Å². The SMILES string of the molecule is COc1ccc(CSc2cc(C)ccc2C)cc1C(=O)O. The van der Waals surface area contributed by atoms with E-state index in [0.717, 1.165) is 11.3 Å².